The van der Waals surface area contributed by atoms with Crippen molar-refractivity contribution in [2.75, 3.05) is 20.1 Å². The van der Waals surface area contributed by atoms with Gasteiger partial charge < -0.3 is 19.5 Å². The zero-order valence-electron chi connectivity index (χ0n) is 18.8. The Kier molecular flexibility index (Phi) is 5.86. The number of fused-ring (bicyclic) bond motifs is 1. The Balaban J connectivity index is 1.42. The van der Waals surface area contributed by atoms with E-state index in [4.69, 9.17) is 9.26 Å². The standard InChI is InChI=1S/C22H28N6O4/c1-22(2,3)31-21(30)27-9-7-14(8-10-27)20-24-19(26-32-20)15-5-6-16-12-28(13-18(29)23-4)25-17(16)11-15/h5-6,11-12,14H,7-10,13H2,1-4H3,(H,23,29). The molecular formula is C22H28N6O4. The van der Waals surface area contributed by atoms with Gasteiger partial charge in [0.15, 0.2) is 0 Å². The molecular weight excluding hydrogens is 412 g/mol. The number of nitrogens with zero attached hydrogens (tertiary/aromatic N) is 5. The topological polar surface area (TPSA) is 115 Å². The minimum Gasteiger partial charge on any atom is -0.444 e. The van der Waals surface area contributed by atoms with E-state index in [1.807, 2.05) is 45.2 Å². The second-order valence-corrected chi connectivity index (χ2v) is 8.97. The zero-order valence-corrected chi connectivity index (χ0v) is 18.8. The summed E-state index contributed by atoms with van der Waals surface area (Å²) < 4.78 is 12.6. The minimum absolute atomic E-state index is 0.102. The van der Waals surface area contributed by atoms with Gasteiger partial charge in [-0.1, -0.05) is 17.3 Å². The van der Waals surface area contributed by atoms with E-state index in [0.717, 1.165) is 29.3 Å². The Labute approximate surface area is 185 Å². The number of amides is 2. The maximum absolute atomic E-state index is 12.3. The molecule has 4 rings (SSSR count). The van der Waals surface area contributed by atoms with Crippen LogP contribution < -0.4 is 5.32 Å². The lowest BCUT2D eigenvalue weighted by molar-refractivity contribution is -0.121. The predicted octanol–water partition coefficient (Wildman–Crippen LogP) is 2.95. The number of hydrogen-bond acceptors (Lipinski definition) is 7. The summed E-state index contributed by atoms with van der Waals surface area (Å²) in [5.41, 5.74) is 1.04. The monoisotopic (exact) mass is 440 g/mol. The highest BCUT2D eigenvalue weighted by molar-refractivity contribution is 5.83. The summed E-state index contributed by atoms with van der Waals surface area (Å²) in [7, 11) is 1.60. The summed E-state index contributed by atoms with van der Waals surface area (Å²) in [5, 5.41) is 12.1. The van der Waals surface area contributed by atoms with Gasteiger partial charge in [0.1, 0.15) is 12.1 Å². The number of likely N-dealkylation sites (tertiary alicyclic amines) is 1. The van der Waals surface area contributed by atoms with Crippen molar-refractivity contribution in [3.8, 4) is 11.4 Å². The number of likely N-dealkylation sites (N-methyl/N-ethyl adjacent to an activating group) is 1. The summed E-state index contributed by atoms with van der Waals surface area (Å²) in [5.74, 6) is 1.07. The highest BCUT2D eigenvalue weighted by Gasteiger charge is 2.30. The molecule has 0 saturated carbocycles. The average molecular weight is 441 g/mol. The van der Waals surface area contributed by atoms with E-state index in [2.05, 4.69) is 20.6 Å². The maximum Gasteiger partial charge on any atom is 0.410 e. The van der Waals surface area contributed by atoms with Crippen LogP contribution in [0.1, 0.15) is 45.4 Å². The normalized spacial score (nSPS) is 15.2. The molecule has 170 valence electrons. The van der Waals surface area contributed by atoms with Crippen molar-refractivity contribution in [3.05, 3.63) is 30.3 Å². The van der Waals surface area contributed by atoms with Crippen LogP contribution in [0.5, 0.6) is 0 Å². The van der Waals surface area contributed by atoms with Crippen LogP contribution >= 0.6 is 0 Å². The number of aromatic nitrogens is 4. The van der Waals surface area contributed by atoms with E-state index in [1.54, 1.807) is 16.6 Å². The van der Waals surface area contributed by atoms with Crippen LogP contribution in [0.4, 0.5) is 4.79 Å². The smallest absolute Gasteiger partial charge is 0.410 e. The van der Waals surface area contributed by atoms with Gasteiger partial charge >= 0.3 is 6.09 Å². The van der Waals surface area contributed by atoms with E-state index < -0.39 is 5.60 Å². The molecule has 1 aromatic carbocycles. The molecule has 10 nitrogen and oxygen atoms in total. The van der Waals surface area contributed by atoms with Gasteiger partial charge in [0.2, 0.25) is 17.6 Å². The second-order valence-electron chi connectivity index (χ2n) is 8.97. The first kappa shape index (κ1) is 21.8. The molecule has 0 atom stereocenters. The number of nitrogens with one attached hydrogen (secondary N) is 1. The lowest BCUT2D eigenvalue weighted by atomic mass is 9.97. The van der Waals surface area contributed by atoms with E-state index in [9.17, 15) is 9.59 Å². The van der Waals surface area contributed by atoms with Gasteiger partial charge in [0.25, 0.3) is 0 Å². The summed E-state index contributed by atoms with van der Waals surface area (Å²) in [6.07, 6.45) is 3.02. The molecule has 10 heteroatoms. The molecule has 0 aliphatic carbocycles. The van der Waals surface area contributed by atoms with Crippen molar-refractivity contribution in [2.45, 2.75) is 51.7 Å². The highest BCUT2D eigenvalue weighted by Crippen LogP contribution is 2.30. The van der Waals surface area contributed by atoms with Gasteiger partial charge in [-0.05, 0) is 39.7 Å². The summed E-state index contributed by atoms with van der Waals surface area (Å²) >= 11 is 0. The molecule has 1 aliphatic heterocycles. The lowest BCUT2D eigenvalue weighted by Gasteiger charge is -2.32. The molecule has 0 bridgehead atoms. The second kappa shape index (κ2) is 8.60. The number of carbonyl (C=O) groups excluding carboxylic acids is 2. The largest absolute Gasteiger partial charge is 0.444 e. The van der Waals surface area contributed by atoms with Crippen molar-refractivity contribution >= 4 is 22.9 Å². The lowest BCUT2D eigenvalue weighted by Crippen LogP contribution is -2.41. The van der Waals surface area contributed by atoms with Gasteiger partial charge in [-0.3, -0.25) is 9.48 Å². The number of piperidine rings is 1. The fourth-order valence-corrected chi connectivity index (χ4v) is 3.67. The molecule has 1 N–H and O–H groups in total. The average Bonchev–Trinajstić information content (AvgIpc) is 3.38. The molecule has 0 unspecified atom stereocenters. The molecule has 3 heterocycles. The molecule has 1 saturated heterocycles. The molecule has 0 radical (unpaired) electrons. The van der Waals surface area contributed by atoms with Crippen LogP contribution in [0.15, 0.2) is 28.9 Å². The Morgan fingerprint density at radius 1 is 1.25 bits per heavy atom. The number of carbonyl (C=O) groups is 2. The number of ether oxygens (including phenoxy) is 1. The molecule has 1 fully saturated rings. The van der Waals surface area contributed by atoms with Gasteiger partial charge in [-0.2, -0.15) is 10.1 Å². The van der Waals surface area contributed by atoms with Gasteiger partial charge in [0.05, 0.1) is 5.52 Å². The van der Waals surface area contributed by atoms with Gasteiger partial charge in [-0.25, -0.2) is 4.79 Å². The summed E-state index contributed by atoms with van der Waals surface area (Å²) in [6, 6.07) is 5.72. The first-order valence-electron chi connectivity index (χ1n) is 10.7. The van der Waals surface area contributed by atoms with Crippen molar-refractivity contribution in [1.82, 2.24) is 30.1 Å². The minimum atomic E-state index is -0.505. The predicted molar refractivity (Wildman–Crippen MR) is 117 cm³/mol. The third-order valence-electron chi connectivity index (χ3n) is 5.33. The molecule has 3 aromatic rings. The Bertz CT molecular complexity index is 1120. The van der Waals surface area contributed by atoms with Crippen LogP contribution in [0.3, 0.4) is 0 Å². The number of hydrogen-bond donors (Lipinski definition) is 1. The first-order chi connectivity index (χ1) is 15.2. The van der Waals surface area contributed by atoms with Crippen LogP contribution in [0, 0.1) is 0 Å². The van der Waals surface area contributed by atoms with Crippen molar-refractivity contribution in [2.24, 2.45) is 0 Å². The molecule has 32 heavy (non-hydrogen) atoms. The van der Waals surface area contributed by atoms with Gasteiger partial charge in [0, 0.05) is 43.2 Å². The highest BCUT2D eigenvalue weighted by atomic mass is 16.6. The molecule has 0 spiro atoms. The van der Waals surface area contributed by atoms with Crippen molar-refractivity contribution in [3.63, 3.8) is 0 Å². The van der Waals surface area contributed by atoms with E-state index in [0.29, 0.717) is 24.8 Å². The van der Waals surface area contributed by atoms with Crippen LogP contribution in [0.2, 0.25) is 0 Å². The third kappa shape index (κ3) is 4.90. The van der Waals surface area contributed by atoms with E-state index in [-0.39, 0.29) is 24.5 Å². The molecule has 2 aromatic heterocycles. The molecule has 1 aliphatic rings. The fraction of sp³-hybridized carbons (Fsp3) is 0.500. The number of rotatable bonds is 4. The maximum atomic E-state index is 12.3. The Morgan fingerprint density at radius 3 is 2.69 bits per heavy atom. The number of benzene rings is 1. The van der Waals surface area contributed by atoms with E-state index >= 15 is 0 Å². The molecule has 2 amide bonds. The third-order valence-corrected chi connectivity index (χ3v) is 5.33. The fourth-order valence-electron chi connectivity index (χ4n) is 3.67. The van der Waals surface area contributed by atoms with Crippen molar-refractivity contribution < 1.29 is 18.8 Å². The van der Waals surface area contributed by atoms with Gasteiger partial charge in [-0.15, -0.1) is 0 Å². The quantitative estimate of drug-likeness (QED) is 0.663. The Morgan fingerprint density at radius 2 is 2.00 bits per heavy atom. The first-order valence-corrected chi connectivity index (χ1v) is 10.7. The summed E-state index contributed by atoms with van der Waals surface area (Å²) in [4.78, 5) is 30.2. The van der Waals surface area contributed by atoms with Crippen LogP contribution in [-0.4, -0.2) is 62.6 Å². The summed E-state index contributed by atoms with van der Waals surface area (Å²) in [6.45, 7) is 6.93. The Hall–Kier alpha value is -3.43. The van der Waals surface area contributed by atoms with Crippen molar-refractivity contribution in [1.29, 1.82) is 0 Å². The zero-order chi connectivity index (χ0) is 22.9. The van der Waals surface area contributed by atoms with Crippen LogP contribution in [-0.2, 0) is 16.1 Å². The van der Waals surface area contributed by atoms with E-state index in [1.165, 1.54) is 0 Å². The van der Waals surface area contributed by atoms with Crippen LogP contribution in [0.25, 0.3) is 22.3 Å². The SMILES string of the molecule is CNC(=O)Cn1cc2ccc(-c3noc(C4CCN(C(=O)OC(C)(C)C)CC4)n3)cc2n1.